The van der Waals surface area contributed by atoms with Gasteiger partial charge in [0.05, 0.1) is 12.6 Å². The van der Waals surface area contributed by atoms with E-state index >= 15 is 0 Å². The average Bonchev–Trinajstić information content (AvgIpc) is 3.20. The van der Waals surface area contributed by atoms with E-state index < -0.39 is 0 Å². The molecule has 29 heavy (non-hydrogen) atoms. The number of halogens is 1. The zero-order chi connectivity index (χ0) is 19.2. The van der Waals surface area contributed by atoms with Crippen molar-refractivity contribution in [2.24, 2.45) is 4.99 Å². The second-order valence-corrected chi connectivity index (χ2v) is 7.54. The molecule has 2 unspecified atom stereocenters. The van der Waals surface area contributed by atoms with Crippen LogP contribution in [0, 0.1) is 0 Å². The number of hydrogen-bond donors (Lipinski definition) is 2. The summed E-state index contributed by atoms with van der Waals surface area (Å²) in [6, 6.07) is 9.02. The van der Waals surface area contributed by atoms with E-state index in [4.69, 9.17) is 4.74 Å². The third-order valence-corrected chi connectivity index (χ3v) is 5.62. The molecule has 2 aliphatic rings. The molecule has 0 amide bonds. The van der Waals surface area contributed by atoms with Gasteiger partial charge in [-0.25, -0.2) is 9.67 Å². The minimum Gasteiger partial charge on any atom is -0.373 e. The summed E-state index contributed by atoms with van der Waals surface area (Å²) in [5.74, 6) is 1.92. The van der Waals surface area contributed by atoms with Crippen molar-refractivity contribution < 1.29 is 4.74 Å². The van der Waals surface area contributed by atoms with Gasteiger partial charge in [0, 0.05) is 32.7 Å². The minimum atomic E-state index is 0. The zero-order valence-electron chi connectivity index (χ0n) is 17.0. The van der Waals surface area contributed by atoms with Gasteiger partial charge >= 0.3 is 0 Å². The van der Waals surface area contributed by atoms with Crippen LogP contribution < -0.4 is 10.6 Å². The second kappa shape index (κ2) is 10.9. The first-order valence-corrected chi connectivity index (χ1v) is 10.4. The summed E-state index contributed by atoms with van der Waals surface area (Å²) < 4.78 is 8.16. The highest BCUT2D eigenvalue weighted by Gasteiger charge is 2.21. The maximum atomic E-state index is 6.19. The maximum absolute atomic E-state index is 6.19. The summed E-state index contributed by atoms with van der Waals surface area (Å²) >= 11 is 0. The van der Waals surface area contributed by atoms with Crippen molar-refractivity contribution in [1.82, 2.24) is 25.4 Å². The molecule has 1 aliphatic carbocycles. The molecule has 0 saturated heterocycles. The standard InChI is InChI=1S/C21H30N6O.HI/c1-22-21(26-17-10-11-20-24-15-25-27(20)14-17)23-12-5-13-28-19-9-4-7-16-6-2-3-8-18(16)19;/h2-3,6,8,15,17,19H,4-5,7,9-14H2,1H3,(H2,22,23,26);1H. The number of ether oxygens (including phenoxy) is 1. The first-order chi connectivity index (χ1) is 13.8. The quantitative estimate of drug-likeness (QED) is 0.271. The number of rotatable bonds is 6. The fourth-order valence-corrected chi connectivity index (χ4v) is 4.13. The number of aryl methyl sites for hydroxylation is 2. The lowest BCUT2D eigenvalue weighted by atomic mass is 9.89. The van der Waals surface area contributed by atoms with Gasteiger partial charge in [0.2, 0.25) is 0 Å². The van der Waals surface area contributed by atoms with Crippen molar-refractivity contribution in [3.05, 3.63) is 47.5 Å². The van der Waals surface area contributed by atoms with E-state index in [1.807, 2.05) is 11.7 Å². The molecule has 0 fully saturated rings. The molecule has 1 aromatic heterocycles. The average molecular weight is 510 g/mol. The summed E-state index contributed by atoms with van der Waals surface area (Å²) in [6.07, 6.45) is 8.35. The third-order valence-electron chi connectivity index (χ3n) is 5.62. The van der Waals surface area contributed by atoms with Gasteiger partial charge in [-0.15, -0.1) is 24.0 Å². The van der Waals surface area contributed by atoms with E-state index in [1.165, 1.54) is 24.0 Å². The molecule has 0 bridgehead atoms. The second-order valence-electron chi connectivity index (χ2n) is 7.54. The van der Waals surface area contributed by atoms with Crippen LogP contribution in [0.5, 0.6) is 0 Å². The summed E-state index contributed by atoms with van der Waals surface area (Å²) in [7, 11) is 1.81. The van der Waals surface area contributed by atoms with Crippen LogP contribution in [0.2, 0.25) is 0 Å². The van der Waals surface area contributed by atoms with Crippen LogP contribution in [0.25, 0.3) is 0 Å². The summed E-state index contributed by atoms with van der Waals surface area (Å²) in [5, 5.41) is 11.2. The number of nitrogens with zero attached hydrogens (tertiary/aromatic N) is 4. The largest absolute Gasteiger partial charge is 0.373 e. The molecule has 0 radical (unpaired) electrons. The predicted octanol–water partition coefficient (Wildman–Crippen LogP) is 2.86. The number of nitrogens with one attached hydrogen (secondary N) is 2. The van der Waals surface area contributed by atoms with Crippen LogP contribution in [-0.4, -0.2) is 47.0 Å². The zero-order valence-corrected chi connectivity index (χ0v) is 19.3. The topological polar surface area (TPSA) is 76.4 Å². The summed E-state index contributed by atoms with van der Waals surface area (Å²) in [4.78, 5) is 8.63. The Bertz CT molecular complexity index is 808. The molecule has 2 atom stereocenters. The molecule has 7 nitrogen and oxygen atoms in total. The highest BCUT2D eigenvalue weighted by Crippen LogP contribution is 2.32. The summed E-state index contributed by atoms with van der Waals surface area (Å²) in [6.45, 7) is 2.43. The monoisotopic (exact) mass is 510 g/mol. The number of benzene rings is 1. The van der Waals surface area contributed by atoms with Gasteiger partial charge in [-0.3, -0.25) is 4.99 Å². The van der Waals surface area contributed by atoms with Gasteiger partial charge in [-0.2, -0.15) is 5.10 Å². The highest BCUT2D eigenvalue weighted by atomic mass is 127. The van der Waals surface area contributed by atoms with Crippen LogP contribution >= 0.6 is 24.0 Å². The van der Waals surface area contributed by atoms with Crippen LogP contribution in [0.15, 0.2) is 35.6 Å². The Kier molecular flexibility index (Phi) is 8.29. The Hall–Kier alpha value is -1.68. The number of aromatic nitrogens is 3. The van der Waals surface area contributed by atoms with E-state index in [-0.39, 0.29) is 30.1 Å². The molecule has 2 N–H and O–H groups in total. The Morgan fingerprint density at radius 2 is 2.17 bits per heavy atom. The molecule has 2 heterocycles. The lowest BCUT2D eigenvalue weighted by molar-refractivity contribution is 0.0398. The van der Waals surface area contributed by atoms with Crippen molar-refractivity contribution >= 4 is 29.9 Å². The van der Waals surface area contributed by atoms with Gasteiger partial charge in [0.25, 0.3) is 0 Å². The minimum absolute atomic E-state index is 0. The maximum Gasteiger partial charge on any atom is 0.191 e. The number of fused-ring (bicyclic) bond motifs is 2. The number of guanidine groups is 1. The normalized spacial score (nSPS) is 20.9. The fraction of sp³-hybridized carbons (Fsp3) is 0.571. The molecule has 4 rings (SSSR count). The molecule has 8 heteroatoms. The van der Waals surface area contributed by atoms with E-state index in [9.17, 15) is 0 Å². The van der Waals surface area contributed by atoms with Crippen molar-refractivity contribution in [2.45, 2.75) is 57.2 Å². The van der Waals surface area contributed by atoms with Crippen molar-refractivity contribution in [1.29, 1.82) is 0 Å². The Morgan fingerprint density at radius 1 is 1.28 bits per heavy atom. The Balaban J connectivity index is 0.00000240. The van der Waals surface area contributed by atoms with Gasteiger partial charge in [0.15, 0.2) is 5.96 Å². The predicted molar refractivity (Wildman–Crippen MR) is 125 cm³/mol. The van der Waals surface area contributed by atoms with Crippen LogP contribution in [0.1, 0.15) is 48.7 Å². The van der Waals surface area contributed by atoms with Crippen LogP contribution in [0.4, 0.5) is 0 Å². The van der Waals surface area contributed by atoms with Crippen LogP contribution in [0.3, 0.4) is 0 Å². The molecule has 0 spiro atoms. The van der Waals surface area contributed by atoms with Gasteiger partial charge in [-0.05, 0) is 43.2 Å². The SMILES string of the molecule is CN=C(NCCCOC1CCCc2ccccc21)NC1CCc2ncnn2C1.I. The fourth-order valence-electron chi connectivity index (χ4n) is 4.13. The Labute approximate surface area is 189 Å². The first kappa shape index (κ1) is 22.0. The molecule has 1 aromatic carbocycles. The van der Waals surface area contributed by atoms with Crippen molar-refractivity contribution in [3.63, 3.8) is 0 Å². The van der Waals surface area contributed by atoms with Gasteiger partial charge in [0.1, 0.15) is 12.2 Å². The Morgan fingerprint density at radius 3 is 3.07 bits per heavy atom. The molecule has 0 saturated carbocycles. The lowest BCUT2D eigenvalue weighted by Gasteiger charge is -2.26. The highest BCUT2D eigenvalue weighted by molar-refractivity contribution is 14.0. The van der Waals surface area contributed by atoms with Gasteiger partial charge in [-0.1, -0.05) is 24.3 Å². The van der Waals surface area contributed by atoms with E-state index in [2.05, 4.69) is 50.0 Å². The van der Waals surface area contributed by atoms with Crippen molar-refractivity contribution in [3.8, 4) is 0 Å². The third kappa shape index (κ3) is 5.69. The molecular weight excluding hydrogens is 479 g/mol. The lowest BCUT2D eigenvalue weighted by Crippen LogP contribution is -2.47. The van der Waals surface area contributed by atoms with Crippen LogP contribution in [-0.2, 0) is 24.1 Å². The molecule has 1 aliphatic heterocycles. The number of aliphatic imine (C=N–C) groups is 1. The van der Waals surface area contributed by atoms with Crippen molar-refractivity contribution in [2.75, 3.05) is 20.2 Å². The van der Waals surface area contributed by atoms with Gasteiger partial charge < -0.3 is 15.4 Å². The van der Waals surface area contributed by atoms with E-state index in [1.54, 1.807) is 6.33 Å². The van der Waals surface area contributed by atoms with E-state index in [0.717, 1.165) is 57.2 Å². The molecule has 158 valence electrons. The molecule has 2 aromatic rings. The smallest absolute Gasteiger partial charge is 0.191 e. The van der Waals surface area contributed by atoms with E-state index in [0.29, 0.717) is 6.04 Å². The molecular formula is C21H31IN6O. The number of hydrogen-bond acceptors (Lipinski definition) is 4. The first-order valence-electron chi connectivity index (χ1n) is 10.4. The summed E-state index contributed by atoms with van der Waals surface area (Å²) in [5.41, 5.74) is 2.83.